The van der Waals surface area contributed by atoms with Gasteiger partial charge >= 0.3 is 5.97 Å². The molecular formula is C16H15BrN2O3S. The Balaban J connectivity index is 1.90. The number of hydrogen-bond donors (Lipinski definition) is 1. The summed E-state index contributed by atoms with van der Waals surface area (Å²) in [5.74, 6) is -0.604. The van der Waals surface area contributed by atoms with E-state index in [0.29, 0.717) is 17.4 Å². The summed E-state index contributed by atoms with van der Waals surface area (Å²) in [4.78, 5) is 27.4. The molecule has 120 valence electrons. The molecule has 0 saturated heterocycles. The van der Waals surface area contributed by atoms with Crippen molar-refractivity contribution in [3.05, 3.63) is 51.5 Å². The van der Waals surface area contributed by atoms with Gasteiger partial charge < -0.3 is 4.74 Å². The number of thiazole rings is 1. The molecular weight excluding hydrogens is 380 g/mol. The van der Waals surface area contributed by atoms with Gasteiger partial charge in [-0.3, -0.25) is 14.9 Å². The number of ether oxygens (including phenoxy) is 1. The second kappa shape index (κ2) is 8.59. The molecule has 1 aromatic carbocycles. The lowest BCUT2D eigenvalue weighted by atomic mass is 10.2. The molecule has 0 spiro atoms. The van der Waals surface area contributed by atoms with Crippen molar-refractivity contribution in [2.75, 3.05) is 11.9 Å². The first-order valence-electron chi connectivity index (χ1n) is 6.91. The van der Waals surface area contributed by atoms with Crippen molar-refractivity contribution in [3.63, 3.8) is 0 Å². The van der Waals surface area contributed by atoms with Crippen LogP contribution >= 0.6 is 27.3 Å². The van der Waals surface area contributed by atoms with Crippen molar-refractivity contribution in [1.82, 2.24) is 4.98 Å². The van der Waals surface area contributed by atoms with Gasteiger partial charge in [0, 0.05) is 15.9 Å². The maximum atomic E-state index is 11.9. The van der Waals surface area contributed by atoms with Crippen LogP contribution in [0.3, 0.4) is 0 Å². The van der Waals surface area contributed by atoms with Crippen molar-refractivity contribution < 1.29 is 14.3 Å². The Morgan fingerprint density at radius 3 is 3.00 bits per heavy atom. The van der Waals surface area contributed by atoms with E-state index in [2.05, 4.69) is 26.2 Å². The average molecular weight is 395 g/mol. The van der Waals surface area contributed by atoms with Crippen LogP contribution in [-0.2, 0) is 20.7 Å². The topological polar surface area (TPSA) is 68.3 Å². The molecule has 0 aliphatic rings. The molecule has 7 heteroatoms. The fraction of sp³-hybridized carbons (Fsp3) is 0.188. The summed E-state index contributed by atoms with van der Waals surface area (Å²) in [5, 5.41) is 4.85. The van der Waals surface area contributed by atoms with E-state index in [1.54, 1.807) is 18.4 Å². The maximum absolute atomic E-state index is 11.9. The number of nitrogens with zero attached hydrogens (tertiary/aromatic N) is 1. The minimum absolute atomic E-state index is 0.105. The first kappa shape index (κ1) is 17.4. The third kappa shape index (κ3) is 5.96. The number of carbonyl (C=O) groups is 2. The number of hydrogen-bond acceptors (Lipinski definition) is 5. The number of carbonyl (C=O) groups excluding carboxylic acids is 2. The summed E-state index contributed by atoms with van der Waals surface area (Å²) in [7, 11) is 0. The number of benzene rings is 1. The van der Waals surface area contributed by atoms with E-state index in [4.69, 9.17) is 4.74 Å². The molecule has 0 unspecified atom stereocenters. The van der Waals surface area contributed by atoms with Crippen LogP contribution in [0, 0.1) is 0 Å². The third-order valence-corrected chi connectivity index (χ3v) is 3.99. The lowest BCUT2D eigenvalue weighted by Gasteiger charge is -1.98. The van der Waals surface area contributed by atoms with Gasteiger partial charge in [0.25, 0.3) is 0 Å². The molecule has 0 aliphatic heterocycles. The van der Waals surface area contributed by atoms with Gasteiger partial charge in [0.15, 0.2) is 5.13 Å². The van der Waals surface area contributed by atoms with Gasteiger partial charge in [-0.15, -0.1) is 11.3 Å². The van der Waals surface area contributed by atoms with Crippen molar-refractivity contribution in [2.24, 2.45) is 0 Å². The highest BCUT2D eigenvalue weighted by molar-refractivity contribution is 9.10. The van der Waals surface area contributed by atoms with Crippen LogP contribution in [-0.4, -0.2) is 23.5 Å². The number of rotatable bonds is 6. The van der Waals surface area contributed by atoms with Crippen molar-refractivity contribution >= 4 is 50.4 Å². The highest BCUT2D eigenvalue weighted by Gasteiger charge is 2.09. The molecule has 0 radical (unpaired) electrons. The summed E-state index contributed by atoms with van der Waals surface area (Å²) in [6.07, 6.45) is 3.26. The Morgan fingerprint density at radius 1 is 1.43 bits per heavy atom. The molecule has 1 aromatic heterocycles. The van der Waals surface area contributed by atoms with Gasteiger partial charge in [-0.2, -0.15) is 0 Å². The molecule has 23 heavy (non-hydrogen) atoms. The zero-order chi connectivity index (χ0) is 16.7. The number of esters is 1. The van der Waals surface area contributed by atoms with Crippen molar-refractivity contribution in [1.29, 1.82) is 0 Å². The number of amides is 1. The van der Waals surface area contributed by atoms with E-state index < -0.39 is 0 Å². The molecule has 1 amide bonds. The van der Waals surface area contributed by atoms with Crippen LogP contribution in [0.15, 0.2) is 40.2 Å². The Morgan fingerprint density at radius 2 is 2.26 bits per heavy atom. The number of halogens is 1. The van der Waals surface area contributed by atoms with Crippen molar-refractivity contribution in [3.8, 4) is 0 Å². The number of nitrogens with one attached hydrogen (secondary N) is 1. The summed E-state index contributed by atoms with van der Waals surface area (Å²) in [6.45, 7) is 2.09. The molecule has 0 fully saturated rings. The van der Waals surface area contributed by atoms with Gasteiger partial charge in [0.2, 0.25) is 5.91 Å². The van der Waals surface area contributed by atoms with Gasteiger partial charge in [0.1, 0.15) is 0 Å². The predicted octanol–water partition coefficient (Wildman–Crippen LogP) is 3.66. The summed E-state index contributed by atoms with van der Waals surface area (Å²) < 4.78 is 5.80. The normalized spacial score (nSPS) is 10.7. The Labute approximate surface area is 146 Å². The Hall–Kier alpha value is -1.99. The molecule has 5 nitrogen and oxygen atoms in total. The zero-order valence-electron chi connectivity index (χ0n) is 12.4. The Bertz CT molecular complexity index is 728. The average Bonchev–Trinajstić information content (AvgIpc) is 2.92. The van der Waals surface area contributed by atoms with Gasteiger partial charge in [0.05, 0.1) is 18.7 Å². The van der Waals surface area contributed by atoms with Crippen LogP contribution in [0.4, 0.5) is 5.13 Å². The highest BCUT2D eigenvalue weighted by Crippen LogP contribution is 2.17. The van der Waals surface area contributed by atoms with Gasteiger partial charge in [-0.25, -0.2) is 4.98 Å². The molecule has 0 aliphatic carbocycles. The SMILES string of the molecule is CCOC(=O)Cc1csc(NC(=O)C=Cc2cccc(Br)c2)n1. The summed E-state index contributed by atoms with van der Waals surface area (Å²) in [5.41, 5.74) is 1.50. The first-order valence-corrected chi connectivity index (χ1v) is 8.58. The fourth-order valence-electron chi connectivity index (χ4n) is 1.73. The maximum Gasteiger partial charge on any atom is 0.311 e. The van der Waals surface area contributed by atoms with Crippen molar-refractivity contribution in [2.45, 2.75) is 13.3 Å². The van der Waals surface area contributed by atoms with E-state index in [9.17, 15) is 9.59 Å². The lowest BCUT2D eigenvalue weighted by Crippen LogP contribution is -2.09. The minimum Gasteiger partial charge on any atom is -0.466 e. The lowest BCUT2D eigenvalue weighted by molar-refractivity contribution is -0.142. The quantitative estimate of drug-likeness (QED) is 0.599. The van der Waals surface area contributed by atoms with Gasteiger partial charge in [-0.1, -0.05) is 28.1 Å². The molecule has 0 bridgehead atoms. The van der Waals surface area contributed by atoms with E-state index >= 15 is 0 Å². The van der Waals surface area contributed by atoms with E-state index in [-0.39, 0.29) is 18.3 Å². The summed E-state index contributed by atoms with van der Waals surface area (Å²) in [6, 6.07) is 7.61. The smallest absolute Gasteiger partial charge is 0.311 e. The van der Waals surface area contributed by atoms with Crippen LogP contribution in [0.1, 0.15) is 18.2 Å². The molecule has 0 saturated carbocycles. The fourth-order valence-corrected chi connectivity index (χ4v) is 2.86. The standard InChI is InChI=1S/C16H15BrN2O3S/c1-2-22-15(21)9-13-10-23-16(18-13)19-14(20)7-6-11-4-3-5-12(17)8-11/h3-8,10H,2,9H2,1H3,(H,18,19,20). The molecule has 1 heterocycles. The van der Waals surface area contributed by atoms with Crippen LogP contribution < -0.4 is 5.32 Å². The largest absolute Gasteiger partial charge is 0.466 e. The highest BCUT2D eigenvalue weighted by atomic mass is 79.9. The van der Waals surface area contributed by atoms with Gasteiger partial charge in [-0.05, 0) is 30.7 Å². The summed E-state index contributed by atoms with van der Waals surface area (Å²) >= 11 is 4.65. The number of anilines is 1. The number of aromatic nitrogens is 1. The third-order valence-electron chi connectivity index (χ3n) is 2.69. The van der Waals surface area contributed by atoms with E-state index in [0.717, 1.165) is 10.0 Å². The second-order valence-electron chi connectivity index (χ2n) is 4.50. The van der Waals surface area contributed by atoms with E-state index in [1.165, 1.54) is 17.4 Å². The zero-order valence-corrected chi connectivity index (χ0v) is 14.8. The molecule has 1 N–H and O–H groups in total. The Kier molecular flexibility index (Phi) is 6.49. The van der Waals surface area contributed by atoms with E-state index in [1.807, 2.05) is 24.3 Å². The van der Waals surface area contributed by atoms with Crippen LogP contribution in [0.25, 0.3) is 6.08 Å². The monoisotopic (exact) mass is 394 g/mol. The minimum atomic E-state index is -0.328. The molecule has 2 aromatic rings. The molecule has 0 atom stereocenters. The first-order chi connectivity index (χ1) is 11.1. The predicted molar refractivity (Wildman–Crippen MR) is 94.3 cm³/mol. The second-order valence-corrected chi connectivity index (χ2v) is 6.28. The van der Waals surface area contributed by atoms with Crippen LogP contribution in [0.5, 0.6) is 0 Å². The molecule has 2 rings (SSSR count). The van der Waals surface area contributed by atoms with Crippen LogP contribution in [0.2, 0.25) is 0 Å².